The fourth-order valence-electron chi connectivity index (χ4n) is 2.72. The summed E-state index contributed by atoms with van der Waals surface area (Å²) in [7, 11) is 0. The van der Waals surface area contributed by atoms with Crippen LogP contribution in [0.3, 0.4) is 0 Å². The highest BCUT2D eigenvalue weighted by atomic mass is 19.1. The average molecular weight is 293 g/mol. The summed E-state index contributed by atoms with van der Waals surface area (Å²) in [6.45, 7) is 9.67. The van der Waals surface area contributed by atoms with Crippen LogP contribution in [0.25, 0.3) is 11.0 Å². The van der Waals surface area contributed by atoms with Gasteiger partial charge in [0.25, 0.3) is 0 Å². The van der Waals surface area contributed by atoms with Gasteiger partial charge in [-0.05, 0) is 51.1 Å². The van der Waals surface area contributed by atoms with Gasteiger partial charge in [-0.25, -0.2) is 4.39 Å². The number of hydrogen-bond donors (Lipinski definition) is 1. The summed E-state index contributed by atoms with van der Waals surface area (Å²) in [5, 5.41) is 4.22. The van der Waals surface area contributed by atoms with Gasteiger partial charge in [-0.3, -0.25) is 0 Å². The minimum absolute atomic E-state index is 0.0667. The molecule has 0 aliphatic rings. The van der Waals surface area contributed by atoms with Crippen LogP contribution in [0.5, 0.6) is 0 Å². The molecule has 116 valence electrons. The Bertz CT molecular complexity index is 595. The average Bonchev–Trinajstić information content (AvgIpc) is 2.87. The summed E-state index contributed by atoms with van der Waals surface area (Å²) in [6.07, 6.45) is 0.851. The maximum Gasteiger partial charge on any atom is 0.134 e. The summed E-state index contributed by atoms with van der Waals surface area (Å²) >= 11 is 0. The Morgan fingerprint density at radius 2 is 2.05 bits per heavy atom. The van der Waals surface area contributed by atoms with Gasteiger partial charge in [0.05, 0.1) is 11.6 Å². The summed E-state index contributed by atoms with van der Waals surface area (Å²) in [4.78, 5) is 0. The molecule has 0 spiro atoms. The number of halogens is 1. The van der Waals surface area contributed by atoms with E-state index in [9.17, 15) is 4.39 Å². The van der Waals surface area contributed by atoms with E-state index in [0.717, 1.165) is 24.1 Å². The zero-order chi connectivity index (χ0) is 15.5. The third kappa shape index (κ3) is 3.27. The molecular weight excluding hydrogens is 269 g/mol. The maximum absolute atomic E-state index is 13.3. The van der Waals surface area contributed by atoms with Crippen LogP contribution in [0.4, 0.5) is 4.39 Å². The van der Waals surface area contributed by atoms with E-state index >= 15 is 0 Å². The van der Waals surface area contributed by atoms with Crippen LogP contribution in [0.2, 0.25) is 0 Å². The predicted molar refractivity (Wildman–Crippen MR) is 82.9 cm³/mol. The lowest BCUT2D eigenvalue weighted by Crippen LogP contribution is -2.43. The molecule has 2 atom stereocenters. The van der Waals surface area contributed by atoms with Crippen molar-refractivity contribution in [2.45, 2.75) is 45.8 Å². The number of ether oxygens (including phenoxy) is 1. The SMILES string of the molecule is CCNC(c1cc2cc(F)ccc2o1)C(C)(CC)OCC. The van der Waals surface area contributed by atoms with Crippen LogP contribution in [0.1, 0.15) is 45.9 Å². The first-order valence-corrected chi connectivity index (χ1v) is 7.60. The quantitative estimate of drug-likeness (QED) is 0.820. The van der Waals surface area contributed by atoms with Crippen LogP contribution in [0.15, 0.2) is 28.7 Å². The molecule has 0 aliphatic heterocycles. The minimum Gasteiger partial charge on any atom is -0.459 e. The Hall–Kier alpha value is -1.39. The lowest BCUT2D eigenvalue weighted by atomic mass is 9.91. The van der Waals surface area contributed by atoms with Crippen LogP contribution < -0.4 is 5.32 Å². The van der Waals surface area contributed by atoms with E-state index in [-0.39, 0.29) is 17.5 Å². The van der Waals surface area contributed by atoms with E-state index in [1.165, 1.54) is 12.1 Å². The van der Waals surface area contributed by atoms with E-state index in [4.69, 9.17) is 9.15 Å². The van der Waals surface area contributed by atoms with E-state index in [1.807, 2.05) is 13.0 Å². The molecule has 1 N–H and O–H groups in total. The Morgan fingerprint density at radius 3 is 2.67 bits per heavy atom. The summed E-state index contributed by atoms with van der Waals surface area (Å²) in [6, 6.07) is 6.41. The second kappa shape index (κ2) is 6.58. The molecule has 0 amide bonds. The van der Waals surface area contributed by atoms with Gasteiger partial charge >= 0.3 is 0 Å². The molecule has 3 nitrogen and oxygen atoms in total. The van der Waals surface area contributed by atoms with Crippen molar-refractivity contribution < 1.29 is 13.5 Å². The molecule has 0 radical (unpaired) electrons. The van der Waals surface area contributed by atoms with E-state index < -0.39 is 0 Å². The van der Waals surface area contributed by atoms with E-state index in [1.54, 1.807) is 6.07 Å². The zero-order valence-corrected chi connectivity index (χ0v) is 13.2. The van der Waals surface area contributed by atoms with Crippen molar-refractivity contribution in [3.8, 4) is 0 Å². The van der Waals surface area contributed by atoms with Gasteiger partial charge < -0.3 is 14.5 Å². The number of benzene rings is 1. The number of furan rings is 1. The predicted octanol–water partition coefficient (Wildman–Crippen LogP) is 4.43. The highest BCUT2D eigenvalue weighted by molar-refractivity contribution is 5.78. The summed E-state index contributed by atoms with van der Waals surface area (Å²) < 4.78 is 25.2. The molecule has 0 aliphatic carbocycles. The number of likely N-dealkylation sites (N-methyl/N-ethyl adjacent to an activating group) is 1. The molecule has 0 saturated carbocycles. The van der Waals surface area contributed by atoms with Crippen molar-refractivity contribution in [2.24, 2.45) is 0 Å². The van der Waals surface area contributed by atoms with Crippen LogP contribution >= 0.6 is 0 Å². The van der Waals surface area contributed by atoms with Gasteiger partial charge in [0, 0.05) is 12.0 Å². The molecule has 21 heavy (non-hydrogen) atoms. The van der Waals surface area contributed by atoms with Gasteiger partial charge in [0.15, 0.2) is 0 Å². The van der Waals surface area contributed by atoms with Gasteiger partial charge in [0.1, 0.15) is 17.2 Å². The maximum atomic E-state index is 13.3. The molecule has 1 aromatic heterocycles. The minimum atomic E-state index is -0.364. The first-order chi connectivity index (χ1) is 10.0. The highest BCUT2D eigenvalue weighted by Crippen LogP contribution is 2.35. The summed E-state index contributed by atoms with van der Waals surface area (Å²) in [5.74, 6) is 0.535. The molecule has 2 unspecified atom stereocenters. The zero-order valence-electron chi connectivity index (χ0n) is 13.2. The van der Waals surface area contributed by atoms with Gasteiger partial charge in [-0.15, -0.1) is 0 Å². The second-order valence-electron chi connectivity index (χ2n) is 5.42. The lowest BCUT2D eigenvalue weighted by Gasteiger charge is -2.36. The van der Waals surface area contributed by atoms with Crippen molar-refractivity contribution >= 4 is 11.0 Å². The van der Waals surface area contributed by atoms with Crippen molar-refractivity contribution in [1.82, 2.24) is 5.32 Å². The number of nitrogens with one attached hydrogen (secondary N) is 1. The first-order valence-electron chi connectivity index (χ1n) is 7.60. The Labute approximate surface area is 125 Å². The smallest absolute Gasteiger partial charge is 0.134 e. The van der Waals surface area contributed by atoms with Crippen molar-refractivity contribution in [2.75, 3.05) is 13.2 Å². The fraction of sp³-hybridized carbons (Fsp3) is 0.529. The van der Waals surface area contributed by atoms with Crippen molar-refractivity contribution in [1.29, 1.82) is 0 Å². The first kappa shape index (κ1) is 16.0. The molecular formula is C17H24FNO2. The number of fused-ring (bicyclic) bond motifs is 1. The molecule has 2 rings (SSSR count). The monoisotopic (exact) mass is 293 g/mol. The number of hydrogen-bond acceptors (Lipinski definition) is 3. The largest absolute Gasteiger partial charge is 0.459 e. The topological polar surface area (TPSA) is 34.4 Å². The van der Waals surface area contributed by atoms with Gasteiger partial charge in [-0.1, -0.05) is 13.8 Å². The molecule has 0 fully saturated rings. The van der Waals surface area contributed by atoms with Crippen molar-refractivity contribution in [3.05, 3.63) is 35.8 Å². The Balaban J connectivity index is 2.43. The van der Waals surface area contributed by atoms with Crippen LogP contribution in [-0.4, -0.2) is 18.8 Å². The summed E-state index contributed by atoms with van der Waals surface area (Å²) in [5.41, 5.74) is 0.334. The van der Waals surface area contributed by atoms with Gasteiger partial charge in [0.2, 0.25) is 0 Å². The Morgan fingerprint density at radius 1 is 1.29 bits per heavy atom. The molecule has 4 heteroatoms. The van der Waals surface area contributed by atoms with Crippen molar-refractivity contribution in [3.63, 3.8) is 0 Å². The van der Waals surface area contributed by atoms with E-state index in [2.05, 4.69) is 26.1 Å². The Kier molecular flexibility index (Phi) is 5.01. The van der Waals surface area contributed by atoms with Crippen LogP contribution in [-0.2, 0) is 4.74 Å². The molecule has 1 aromatic carbocycles. The third-order valence-corrected chi connectivity index (χ3v) is 3.98. The third-order valence-electron chi connectivity index (χ3n) is 3.98. The number of rotatable bonds is 7. The van der Waals surface area contributed by atoms with Crippen LogP contribution in [0, 0.1) is 5.82 Å². The molecule has 2 aromatic rings. The normalized spacial score (nSPS) is 16.0. The second-order valence-corrected chi connectivity index (χ2v) is 5.42. The highest BCUT2D eigenvalue weighted by Gasteiger charge is 2.36. The fourth-order valence-corrected chi connectivity index (χ4v) is 2.72. The molecule has 1 heterocycles. The molecule has 0 saturated heterocycles. The van der Waals surface area contributed by atoms with Gasteiger partial charge in [-0.2, -0.15) is 0 Å². The lowest BCUT2D eigenvalue weighted by molar-refractivity contribution is -0.0602. The standard InChI is InChI=1S/C17H24FNO2/c1-5-17(4,20-7-3)16(19-6-2)15-11-12-10-13(18)8-9-14(12)21-15/h8-11,16,19H,5-7H2,1-4H3. The molecule has 0 bridgehead atoms. The van der Waals surface area contributed by atoms with E-state index in [0.29, 0.717) is 12.2 Å².